The molecule has 1 fully saturated rings. The van der Waals surface area contributed by atoms with E-state index in [-0.39, 0.29) is 24.5 Å². The van der Waals surface area contributed by atoms with Crippen LogP contribution in [-0.2, 0) is 9.53 Å². The number of methoxy groups -OCH3 is 1. The van der Waals surface area contributed by atoms with Crippen molar-refractivity contribution in [3.63, 3.8) is 0 Å². The van der Waals surface area contributed by atoms with Crippen molar-refractivity contribution in [2.75, 3.05) is 13.7 Å². The molecule has 0 heterocycles. The summed E-state index contributed by atoms with van der Waals surface area (Å²) in [5.74, 6) is 0.228. The minimum Gasteiger partial charge on any atom is -0.469 e. The standard InChI is InChI=1S/C12H22N2O3/c1-9-5-3-4-6-10(9)14-12(16)13-8-7-11(15)17-2/h9-10H,3-8H2,1-2H3,(H2,13,14,16). The summed E-state index contributed by atoms with van der Waals surface area (Å²) < 4.78 is 4.49. The van der Waals surface area contributed by atoms with Crippen LogP contribution in [0, 0.1) is 5.92 Å². The van der Waals surface area contributed by atoms with Crippen LogP contribution >= 0.6 is 0 Å². The Kier molecular flexibility index (Phi) is 5.80. The van der Waals surface area contributed by atoms with Gasteiger partial charge in [0, 0.05) is 12.6 Å². The zero-order valence-electron chi connectivity index (χ0n) is 10.6. The van der Waals surface area contributed by atoms with Gasteiger partial charge >= 0.3 is 12.0 Å². The number of urea groups is 1. The molecule has 0 aliphatic heterocycles. The van der Waals surface area contributed by atoms with Crippen molar-refractivity contribution in [1.82, 2.24) is 10.6 Å². The van der Waals surface area contributed by atoms with Crippen molar-refractivity contribution >= 4 is 12.0 Å². The second kappa shape index (κ2) is 7.14. The van der Waals surface area contributed by atoms with E-state index in [1.54, 1.807) is 0 Å². The van der Waals surface area contributed by atoms with Gasteiger partial charge in [0.2, 0.25) is 0 Å². The summed E-state index contributed by atoms with van der Waals surface area (Å²) in [6.45, 7) is 2.48. The molecule has 0 aromatic rings. The zero-order valence-corrected chi connectivity index (χ0v) is 10.6. The quantitative estimate of drug-likeness (QED) is 0.733. The maximum atomic E-state index is 11.6. The number of amides is 2. The highest BCUT2D eigenvalue weighted by molar-refractivity contribution is 5.75. The van der Waals surface area contributed by atoms with Crippen LogP contribution in [0.25, 0.3) is 0 Å². The molecule has 1 aliphatic carbocycles. The smallest absolute Gasteiger partial charge is 0.315 e. The molecule has 1 saturated carbocycles. The monoisotopic (exact) mass is 242 g/mol. The lowest BCUT2D eigenvalue weighted by molar-refractivity contribution is -0.140. The summed E-state index contributed by atoms with van der Waals surface area (Å²) in [5.41, 5.74) is 0. The predicted octanol–water partition coefficient (Wildman–Crippen LogP) is 1.43. The number of esters is 1. The van der Waals surface area contributed by atoms with Gasteiger partial charge in [0.15, 0.2) is 0 Å². The predicted molar refractivity (Wildman–Crippen MR) is 64.6 cm³/mol. The highest BCUT2D eigenvalue weighted by Crippen LogP contribution is 2.23. The van der Waals surface area contributed by atoms with Crippen LogP contribution in [0.4, 0.5) is 4.79 Å². The van der Waals surface area contributed by atoms with Gasteiger partial charge in [-0.1, -0.05) is 19.8 Å². The minimum absolute atomic E-state index is 0.187. The van der Waals surface area contributed by atoms with Gasteiger partial charge < -0.3 is 15.4 Å². The van der Waals surface area contributed by atoms with Crippen LogP contribution in [0.5, 0.6) is 0 Å². The Labute approximate surface area is 102 Å². The second-order valence-corrected chi connectivity index (χ2v) is 4.59. The molecule has 5 heteroatoms. The van der Waals surface area contributed by atoms with Gasteiger partial charge in [-0.25, -0.2) is 4.79 Å². The average Bonchev–Trinajstić information content (AvgIpc) is 2.32. The molecule has 17 heavy (non-hydrogen) atoms. The first-order valence-corrected chi connectivity index (χ1v) is 6.24. The maximum absolute atomic E-state index is 11.6. The molecule has 1 rings (SSSR count). The first-order chi connectivity index (χ1) is 8.13. The molecule has 5 nitrogen and oxygen atoms in total. The summed E-state index contributed by atoms with van der Waals surface area (Å²) in [5, 5.41) is 5.62. The van der Waals surface area contributed by atoms with E-state index in [9.17, 15) is 9.59 Å². The Morgan fingerprint density at radius 1 is 1.29 bits per heavy atom. The number of hydrogen-bond acceptors (Lipinski definition) is 3. The van der Waals surface area contributed by atoms with E-state index in [0.29, 0.717) is 12.5 Å². The van der Waals surface area contributed by atoms with Crippen molar-refractivity contribution in [2.24, 2.45) is 5.92 Å². The first-order valence-electron chi connectivity index (χ1n) is 6.24. The summed E-state index contributed by atoms with van der Waals surface area (Å²) >= 11 is 0. The number of hydrogen-bond donors (Lipinski definition) is 2. The van der Waals surface area contributed by atoms with Crippen molar-refractivity contribution in [3.05, 3.63) is 0 Å². The lowest BCUT2D eigenvalue weighted by atomic mass is 9.86. The molecule has 0 saturated heterocycles. The summed E-state index contributed by atoms with van der Waals surface area (Å²) in [6, 6.07) is 0.0783. The van der Waals surface area contributed by atoms with E-state index < -0.39 is 0 Å². The number of ether oxygens (including phenoxy) is 1. The summed E-state index contributed by atoms with van der Waals surface area (Å²) in [7, 11) is 1.34. The summed E-state index contributed by atoms with van der Waals surface area (Å²) in [6.07, 6.45) is 4.86. The molecule has 1 aliphatic rings. The van der Waals surface area contributed by atoms with Gasteiger partial charge in [0.1, 0.15) is 0 Å². The third kappa shape index (κ3) is 5.06. The molecule has 0 aromatic carbocycles. The molecule has 2 unspecified atom stereocenters. The topological polar surface area (TPSA) is 67.4 Å². The van der Waals surface area contributed by atoms with Crippen molar-refractivity contribution in [1.29, 1.82) is 0 Å². The second-order valence-electron chi connectivity index (χ2n) is 4.59. The molecule has 0 bridgehead atoms. The van der Waals surface area contributed by atoms with E-state index in [2.05, 4.69) is 22.3 Å². The van der Waals surface area contributed by atoms with Crippen LogP contribution in [0.15, 0.2) is 0 Å². The third-order valence-electron chi connectivity index (χ3n) is 3.27. The number of carbonyl (C=O) groups excluding carboxylic acids is 2. The zero-order chi connectivity index (χ0) is 12.7. The van der Waals surface area contributed by atoms with Crippen LogP contribution in [-0.4, -0.2) is 31.7 Å². The highest BCUT2D eigenvalue weighted by atomic mass is 16.5. The van der Waals surface area contributed by atoms with Crippen molar-refractivity contribution in [2.45, 2.75) is 45.1 Å². The van der Waals surface area contributed by atoms with Crippen molar-refractivity contribution < 1.29 is 14.3 Å². The Morgan fingerprint density at radius 2 is 2.00 bits per heavy atom. The normalized spacial score (nSPS) is 23.9. The molecule has 98 valence electrons. The van der Waals surface area contributed by atoms with Gasteiger partial charge in [-0.3, -0.25) is 4.79 Å². The Balaban J connectivity index is 2.17. The number of carbonyl (C=O) groups is 2. The average molecular weight is 242 g/mol. The minimum atomic E-state index is -0.309. The van der Waals surface area contributed by atoms with Crippen molar-refractivity contribution in [3.8, 4) is 0 Å². The largest absolute Gasteiger partial charge is 0.469 e. The number of rotatable bonds is 4. The Bertz CT molecular complexity index is 268. The third-order valence-corrected chi connectivity index (χ3v) is 3.27. The molecule has 2 N–H and O–H groups in total. The molecule has 0 radical (unpaired) electrons. The Hall–Kier alpha value is -1.26. The SMILES string of the molecule is COC(=O)CCNC(=O)NC1CCCCC1C. The fourth-order valence-electron chi connectivity index (χ4n) is 2.13. The van der Waals surface area contributed by atoms with Gasteiger partial charge in [-0.2, -0.15) is 0 Å². The fourth-order valence-corrected chi connectivity index (χ4v) is 2.13. The molecular weight excluding hydrogens is 220 g/mol. The van der Waals surface area contributed by atoms with Gasteiger partial charge in [0.25, 0.3) is 0 Å². The van der Waals surface area contributed by atoms with E-state index in [4.69, 9.17) is 0 Å². The molecular formula is C12H22N2O3. The van der Waals surface area contributed by atoms with Crippen LogP contribution < -0.4 is 10.6 Å². The van der Waals surface area contributed by atoms with Gasteiger partial charge in [-0.15, -0.1) is 0 Å². The van der Waals surface area contributed by atoms with Gasteiger partial charge in [-0.05, 0) is 18.8 Å². The van der Waals surface area contributed by atoms with Gasteiger partial charge in [0.05, 0.1) is 13.5 Å². The van der Waals surface area contributed by atoms with E-state index >= 15 is 0 Å². The highest BCUT2D eigenvalue weighted by Gasteiger charge is 2.22. The van der Waals surface area contributed by atoms with Crippen LogP contribution in [0.2, 0.25) is 0 Å². The fraction of sp³-hybridized carbons (Fsp3) is 0.833. The maximum Gasteiger partial charge on any atom is 0.315 e. The molecule has 0 spiro atoms. The lowest BCUT2D eigenvalue weighted by Crippen LogP contribution is -2.46. The Morgan fingerprint density at radius 3 is 2.65 bits per heavy atom. The van der Waals surface area contributed by atoms with E-state index in [0.717, 1.165) is 6.42 Å². The van der Waals surface area contributed by atoms with Crippen LogP contribution in [0.3, 0.4) is 0 Å². The summed E-state index contributed by atoms with van der Waals surface area (Å²) in [4.78, 5) is 22.4. The lowest BCUT2D eigenvalue weighted by Gasteiger charge is -2.29. The van der Waals surface area contributed by atoms with E-state index in [1.165, 1.54) is 26.4 Å². The molecule has 2 atom stereocenters. The first kappa shape index (κ1) is 13.8. The van der Waals surface area contributed by atoms with Crippen LogP contribution in [0.1, 0.15) is 39.0 Å². The molecule has 0 aromatic heterocycles. The van der Waals surface area contributed by atoms with E-state index in [1.807, 2.05) is 0 Å². The number of nitrogens with one attached hydrogen (secondary N) is 2. The molecule has 2 amide bonds.